The summed E-state index contributed by atoms with van der Waals surface area (Å²) in [7, 11) is 0. The van der Waals surface area contributed by atoms with Gasteiger partial charge in [0.15, 0.2) is 13.2 Å². The molecule has 0 heterocycles. The van der Waals surface area contributed by atoms with Crippen molar-refractivity contribution in [3.63, 3.8) is 0 Å². The van der Waals surface area contributed by atoms with Gasteiger partial charge >= 0.3 is 11.9 Å². The molecule has 12 heteroatoms. The number of ether oxygens (including phenoxy) is 4. The van der Waals surface area contributed by atoms with Gasteiger partial charge in [-0.05, 0) is 282 Å². The van der Waals surface area contributed by atoms with Crippen molar-refractivity contribution in [3.05, 3.63) is 210 Å². The lowest BCUT2D eigenvalue weighted by molar-refractivity contribution is -0.156. The fourth-order valence-electron chi connectivity index (χ4n) is 27.8. The van der Waals surface area contributed by atoms with Crippen LogP contribution in [0, 0.1) is 92.7 Å². The van der Waals surface area contributed by atoms with E-state index in [4.69, 9.17) is 18.9 Å². The van der Waals surface area contributed by atoms with Crippen molar-refractivity contribution < 1.29 is 48.3 Å². The fourth-order valence-corrected chi connectivity index (χ4v) is 27.8. The number of fused-ring (bicyclic) bond motifs is 18. The summed E-state index contributed by atoms with van der Waals surface area (Å²) in [4.78, 5) is 60.8. The average Bonchev–Trinajstić information content (AvgIpc) is 1.68. The van der Waals surface area contributed by atoms with Crippen LogP contribution in [0.15, 0.2) is 132 Å². The van der Waals surface area contributed by atoms with Crippen LogP contribution in [0.2, 0.25) is 0 Å². The Morgan fingerprint density at radius 1 is 0.402 bits per heavy atom. The summed E-state index contributed by atoms with van der Waals surface area (Å²) in [5.41, 5.74) is 13.6. The summed E-state index contributed by atoms with van der Waals surface area (Å²) in [6.45, 7) is 50.2. The highest BCUT2D eigenvalue weighted by molar-refractivity contribution is 5.87. The van der Waals surface area contributed by atoms with Crippen LogP contribution in [0.1, 0.15) is 371 Å². The normalized spacial score (nSPS) is 27.9. The smallest absolute Gasteiger partial charge is 0.329 e. The molecule has 0 radical (unpaired) electrons. The first-order chi connectivity index (χ1) is 62.3. The van der Waals surface area contributed by atoms with Crippen LogP contribution in [0.3, 0.4) is 0 Å². The lowest BCUT2D eigenvalue weighted by Gasteiger charge is -2.58. The summed E-state index contributed by atoms with van der Waals surface area (Å²) in [6, 6.07) is 34.7. The highest BCUT2D eigenvalue weighted by Crippen LogP contribution is 2.70. The summed E-state index contributed by atoms with van der Waals surface area (Å²) in [6.07, 6.45) is 31.3. The van der Waals surface area contributed by atoms with Gasteiger partial charge in [-0.3, -0.25) is 9.59 Å². The Labute approximate surface area is 795 Å². The van der Waals surface area contributed by atoms with Gasteiger partial charge in [0, 0.05) is 51.4 Å². The molecule has 18 atom stereocenters. The molecule has 0 saturated heterocycles. The van der Waals surface area contributed by atoms with E-state index in [1.807, 2.05) is 60.7 Å². The number of allylic oxidation sites excluding steroid dienone is 2. The van der Waals surface area contributed by atoms with E-state index in [-0.39, 0.29) is 73.1 Å². The molecular formula is C120H166N2O10. The monoisotopic (exact) mass is 1800 g/mol. The lowest BCUT2D eigenvalue weighted by atomic mass is 9.47. The number of phenolic OH excluding ortho intramolecular Hbond substituents is 2. The van der Waals surface area contributed by atoms with E-state index in [0.717, 1.165) is 142 Å². The molecule has 9 aliphatic carbocycles. The maximum atomic E-state index is 15.2. The summed E-state index contributed by atoms with van der Waals surface area (Å²) < 4.78 is 27.6. The molecule has 12 nitrogen and oxygen atoms in total. The van der Waals surface area contributed by atoms with Gasteiger partial charge in [0.25, 0.3) is 11.8 Å². The molecular weight excluding hydrogens is 1630 g/mol. The zero-order valence-electron chi connectivity index (χ0n) is 85.2. The van der Waals surface area contributed by atoms with Crippen molar-refractivity contribution in [2.75, 3.05) is 13.2 Å². The molecule has 9 aliphatic rings. The van der Waals surface area contributed by atoms with Gasteiger partial charge in [-0.2, -0.15) is 0 Å². The van der Waals surface area contributed by atoms with Crippen molar-refractivity contribution in [2.45, 2.75) is 378 Å². The minimum atomic E-state index is -1.01. The Bertz CT molecular complexity index is 4780. The highest BCUT2D eigenvalue weighted by atomic mass is 16.6. The fraction of sp³-hybridized carbons (Fsp3) is 0.633. The predicted octanol–water partition coefficient (Wildman–Crippen LogP) is 27.1. The maximum Gasteiger partial charge on any atom is 0.329 e. The highest BCUT2D eigenvalue weighted by Gasteiger charge is 2.62. The molecule has 0 aromatic heterocycles. The molecule has 6 aromatic rings. The molecule has 6 saturated carbocycles. The van der Waals surface area contributed by atoms with Crippen molar-refractivity contribution >= 4 is 23.8 Å². The third kappa shape index (κ3) is 21.2. The molecule has 6 aromatic carbocycles. The van der Waals surface area contributed by atoms with E-state index in [2.05, 4.69) is 224 Å². The van der Waals surface area contributed by atoms with Crippen LogP contribution >= 0.6 is 0 Å². The van der Waals surface area contributed by atoms with Gasteiger partial charge in [-0.15, -0.1) is 0 Å². The zero-order valence-corrected chi connectivity index (χ0v) is 85.2. The van der Waals surface area contributed by atoms with E-state index >= 15 is 19.2 Å². The van der Waals surface area contributed by atoms with Crippen LogP contribution in [0.25, 0.3) is 0 Å². The van der Waals surface area contributed by atoms with Crippen LogP contribution < -0.4 is 20.1 Å². The standard InChI is InChI=1S/C120H166N2O10/c1-73(2)31-29-33-75(5)97-43-45-99-95-41-39-87-69-93(47-51-117(87,19)101(95)49-53-119(97,99)21)131-111(127)103(55-77-35-25-23-26-36-77)121-105(123)71-129-109-83-57-79-61-89(113(7,8)9)63-81(107(79)125)59-85-67-92(116(16,17)18)68-86(60-82-64-90(114(10,11)12)62-80(108(82)126)58-84(109)66-91(65-83)115(13,14)15)110(85)130-72-106(124)122-104(56-78-37-27-24-28-38-78)112(128)132-94-48-52-118(20)88(70-94)40-42-96-100-46-44-98(76(6)34-30-32-74(3)4)120(100,22)54-50-102(96)118/h23-28,35-40,61-68,73-76,93-104,125-126H,29-34,41-60,69-72H2,1-22H3,(H,121,123)(H,122,124)/t75-,76-,93?,94?,95+,96+,97-,98-,99+,100+,101+,102+,103-,104?,117+,118+,119-,120-/m1/s1. The Hall–Kier alpha value is -8.12. The number of hydrogen-bond donors (Lipinski definition) is 4. The first-order valence-corrected chi connectivity index (χ1v) is 52.0. The first-order valence-electron chi connectivity index (χ1n) is 52.0. The number of benzene rings is 6. The number of hydrogen-bond acceptors (Lipinski definition) is 10. The molecule has 4 N–H and O–H groups in total. The second-order valence-corrected chi connectivity index (χ2v) is 49.6. The van der Waals surface area contributed by atoms with Gasteiger partial charge < -0.3 is 39.8 Å². The Balaban J connectivity index is 0.702. The van der Waals surface area contributed by atoms with Crippen molar-refractivity contribution in [1.29, 1.82) is 0 Å². The second kappa shape index (κ2) is 39.2. The number of esters is 2. The van der Waals surface area contributed by atoms with Crippen molar-refractivity contribution in [2.24, 2.45) is 92.7 Å². The first kappa shape index (κ1) is 98.4. The number of rotatable bonds is 26. The average molecular weight is 1800 g/mol. The van der Waals surface area contributed by atoms with Gasteiger partial charge in [0.05, 0.1) is 0 Å². The zero-order chi connectivity index (χ0) is 94.7. The van der Waals surface area contributed by atoms with Crippen molar-refractivity contribution in [1.82, 2.24) is 10.6 Å². The van der Waals surface area contributed by atoms with Gasteiger partial charge in [0.2, 0.25) is 0 Å². The number of aromatic hydroxyl groups is 2. The summed E-state index contributed by atoms with van der Waals surface area (Å²) in [5.74, 6) is 7.97. The van der Waals surface area contributed by atoms with Gasteiger partial charge in [-0.1, -0.05) is 323 Å². The third-order valence-electron chi connectivity index (χ3n) is 35.6. The van der Waals surface area contributed by atoms with E-state index in [9.17, 15) is 10.2 Å². The molecule has 0 aliphatic heterocycles. The van der Waals surface area contributed by atoms with E-state index in [0.29, 0.717) is 81.1 Å². The molecule has 15 rings (SSSR count). The van der Waals surface area contributed by atoms with E-state index < -0.39 is 70.7 Å². The minimum absolute atomic E-state index is 0.0650. The molecule has 0 spiro atoms. The lowest BCUT2D eigenvalue weighted by Crippen LogP contribution is -2.51. The molecule has 132 heavy (non-hydrogen) atoms. The Morgan fingerprint density at radius 2 is 0.720 bits per heavy atom. The number of carbonyl (C=O) groups excluding carboxylic acids is 4. The molecule has 6 fully saturated rings. The Morgan fingerprint density at radius 3 is 1.03 bits per heavy atom. The maximum absolute atomic E-state index is 15.2. The van der Waals surface area contributed by atoms with E-state index in [1.165, 1.54) is 101 Å². The predicted molar refractivity (Wildman–Crippen MR) is 536 cm³/mol. The quantitative estimate of drug-likeness (QED) is 0.0302. The molecule has 3 unspecified atom stereocenters. The van der Waals surface area contributed by atoms with Crippen LogP contribution in [-0.4, -0.2) is 71.5 Å². The number of phenols is 2. The molecule has 716 valence electrons. The number of amides is 2. The van der Waals surface area contributed by atoms with Gasteiger partial charge in [0.1, 0.15) is 47.3 Å². The Kier molecular flexibility index (Phi) is 29.2. The largest absolute Gasteiger partial charge is 0.507 e. The second-order valence-electron chi connectivity index (χ2n) is 49.6. The van der Waals surface area contributed by atoms with E-state index in [1.54, 1.807) is 0 Å². The third-order valence-corrected chi connectivity index (χ3v) is 35.6. The van der Waals surface area contributed by atoms with Gasteiger partial charge in [-0.25, -0.2) is 9.59 Å². The molecule has 8 bridgehead atoms. The van der Waals surface area contributed by atoms with Crippen molar-refractivity contribution in [3.8, 4) is 23.0 Å². The number of carbonyl (C=O) groups is 4. The summed E-state index contributed by atoms with van der Waals surface area (Å²) >= 11 is 0. The SMILES string of the molecule is CC(C)CCC[C@@H](C)[C@H]1CC[C@H]2[C@@H]3CC=C4CC(OC(=O)C(Cc5ccccc5)NC(=O)COc5c6cc(C(C)(C)C)cc5Cc5cc(C(C)(C)C)cc(c5O)Cc5cc(C(C)(C)C)cc(c5OCC(=O)N[C@H](Cc5ccccc5)C(=O)OC5CC[C@@]7(C)C(=CC[C@H]8[C@@H]9CC[C@H]([C@H](C)CCCC(C)C)[C@@]9(C)CC[C@@H]87)C5)Cc5cc(C(C)(C)C)cc(c5O)C6)CC[C@]4(C)[C@H]3CC[C@]12C. The molecule has 2 amide bonds. The van der Waals surface area contributed by atoms with Crippen LogP contribution in [-0.2, 0) is 88.8 Å². The minimum Gasteiger partial charge on any atom is -0.507 e. The summed E-state index contributed by atoms with van der Waals surface area (Å²) in [5, 5.41) is 33.1. The van der Waals surface area contributed by atoms with Crippen LogP contribution in [0.5, 0.6) is 23.0 Å². The topological polar surface area (TPSA) is 170 Å². The number of nitrogens with one attached hydrogen (secondary N) is 2. The van der Waals surface area contributed by atoms with Crippen LogP contribution in [0.4, 0.5) is 0 Å².